The highest BCUT2D eigenvalue weighted by atomic mass is 16.2. The molecule has 0 saturated carbocycles. The minimum absolute atomic E-state index is 0.156. The molecule has 2 N–H and O–H groups in total. The molecular weight excluding hydrogens is 190 g/mol. The molecule has 1 amide bonds. The quantitative estimate of drug-likeness (QED) is 0.648. The van der Waals surface area contributed by atoms with Crippen LogP contribution in [0.4, 0.5) is 0 Å². The number of fused-ring (bicyclic) bond motifs is 2. The Kier molecular flexibility index (Phi) is 2.04. The minimum Gasteiger partial charge on any atom is -0.334 e. The molecule has 3 aliphatic rings. The van der Waals surface area contributed by atoms with E-state index in [2.05, 4.69) is 15.5 Å². The average molecular weight is 209 g/mol. The monoisotopic (exact) mass is 209 g/mol. The SMILES string of the molecule is CCC(=O)N1C[C@@H]2C[C@]1(C1CNC1)CN2. The van der Waals surface area contributed by atoms with Crippen LogP contribution >= 0.6 is 0 Å². The molecule has 2 atom stereocenters. The highest BCUT2D eigenvalue weighted by Gasteiger charge is 2.57. The number of amides is 1. The fourth-order valence-corrected chi connectivity index (χ4v) is 3.37. The van der Waals surface area contributed by atoms with Crippen molar-refractivity contribution in [3.8, 4) is 0 Å². The highest BCUT2D eigenvalue weighted by molar-refractivity contribution is 5.77. The van der Waals surface area contributed by atoms with Crippen LogP contribution in [0.5, 0.6) is 0 Å². The summed E-state index contributed by atoms with van der Waals surface area (Å²) >= 11 is 0. The van der Waals surface area contributed by atoms with Crippen LogP contribution in [0.1, 0.15) is 19.8 Å². The predicted octanol–water partition coefficient (Wildman–Crippen LogP) is -0.441. The van der Waals surface area contributed by atoms with Crippen LogP contribution in [0, 0.1) is 5.92 Å². The molecule has 84 valence electrons. The van der Waals surface area contributed by atoms with Crippen molar-refractivity contribution in [2.24, 2.45) is 5.92 Å². The second-order valence-corrected chi connectivity index (χ2v) is 5.10. The van der Waals surface area contributed by atoms with E-state index >= 15 is 0 Å². The number of carbonyl (C=O) groups is 1. The molecule has 0 unspecified atom stereocenters. The van der Waals surface area contributed by atoms with E-state index in [1.807, 2.05) is 6.92 Å². The van der Waals surface area contributed by atoms with Crippen LogP contribution in [0.15, 0.2) is 0 Å². The van der Waals surface area contributed by atoms with Gasteiger partial charge < -0.3 is 15.5 Å². The van der Waals surface area contributed by atoms with Crippen LogP contribution < -0.4 is 10.6 Å². The third-order valence-electron chi connectivity index (χ3n) is 4.38. The van der Waals surface area contributed by atoms with E-state index in [4.69, 9.17) is 0 Å². The van der Waals surface area contributed by atoms with Crippen LogP contribution in [0.3, 0.4) is 0 Å². The Bertz CT molecular complexity index is 290. The number of nitrogens with zero attached hydrogens (tertiary/aromatic N) is 1. The summed E-state index contributed by atoms with van der Waals surface area (Å²) in [7, 11) is 0. The Hall–Kier alpha value is -0.610. The summed E-state index contributed by atoms with van der Waals surface area (Å²) in [6, 6.07) is 0.557. The molecule has 3 aliphatic heterocycles. The van der Waals surface area contributed by atoms with Gasteiger partial charge in [-0.2, -0.15) is 0 Å². The second kappa shape index (κ2) is 3.19. The number of piperazine rings is 1. The molecule has 0 aliphatic carbocycles. The van der Waals surface area contributed by atoms with Crippen LogP contribution in [-0.4, -0.2) is 48.6 Å². The van der Waals surface area contributed by atoms with Gasteiger partial charge in [-0.1, -0.05) is 6.92 Å². The lowest BCUT2D eigenvalue weighted by Gasteiger charge is -2.48. The Morgan fingerprint density at radius 1 is 1.53 bits per heavy atom. The van der Waals surface area contributed by atoms with Crippen LogP contribution in [-0.2, 0) is 4.79 Å². The van der Waals surface area contributed by atoms with E-state index in [1.165, 1.54) is 6.42 Å². The standard InChI is InChI=1S/C11H19N3O/c1-2-10(15)14-6-9-3-11(14,7-13-9)8-4-12-5-8/h8-9,12-13H,2-7H2,1H3/t9-,11+/m0/s1. The molecule has 0 aromatic carbocycles. The van der Waals surface area contributed by atoms with Gasteiger partial charge in [0, 0.05) is 44.6 Å². The molecule has 0 radical (unpaired) electrons. The fourth-order valence-electron chi connectivity index (χ4n) is 3.37. The van der Waals surface area contributed by atoms with Crippen molar-refractivity contribution in [1.29, 1.82) is 0 Å². The van der Waals surface area contributed by atoms with E-state index in [0.29, 0.717) is 24.3 Å². The molecule has 15 heavy (non-hydrogen) atoms. The van der Waals surface area contributed by atoms with Gasteiger partial charge in [-0.05, 0) is 6.42 Å². The molecular formula is C11H19N3O. The van der Waals surface area contributed by atoms with Crippen molar-refractivity contribution in [2.75, 3.05) is 26.2 Å². The van der Waals surface area contributed by atoms with Gasteiger partial charge in [-0.3, -0.25) is 4.79 Å². The molecule has 4 heteroatoms. The van der Waals surface area contributed by atoms with E-state index < -0.39 is 0 Å². The highest BCUT2D eigenvalue weighted by Crippen LogP contribution is 2.41. The number of likely N-dealkylation sites (tertiary alicyclic amines) is 1. The molecule has 3 saturated heterocycles. The smallest absolute Gasteiger partial charge is 0.222 e. The third kappa shape index (κ3) is 1.18. The summed E-state index contributed by atoms with van der Waals surface area (Å²) in [6.45, 7) is 6.08. The lowest BCUT2D eigenvalue weighted by atomic mass is 9.79. The zero-order valence-electron chi connectivity index (χ0n) is 9.25. The van der Waals surface area contributed by atoms with Gasteiger partial charge in [0.1, 0.15) is 0 Å². The first kappa shape index (κ1) is 9.60. The molecule has 4 nitrogen and oxygen atoms in total. The number of carbonyl (C=O) groups excluding carboxylic acids is 1. The van der Waals surface area contributed by atoms with Crippen LogP contribution in [0.2, 0.25) is 0 Å². The summed E-state index contributed by atoms with van der Waals surface area (Å²) < 4.78 is 0. The van der Waals surface area contributed by atoms with Crippen molar-refractivity contribution in [1.82, 2.24) is 15.5 Å². The van der Waals surface area contributed by atoms with Gasteiger partial charge in [0.25, 0.3) is 0 Å². The van der Waals surface area contributed by atoms with Crippen molar-refractivity contribution in [3.63, 3.8) is 0 Å². The van der Waals surface area contributed by atoms with Crippen molar-refractivity contribution in [2.45, 2.75) is 31.3 Å². The predicted molar refractivity (Wildman–Crippen MR) is 57.5 cm³/mol. The average Bonchev–Trinajstić information content (AvgIpc) is 2.70. The van der Waals surface area contributed by atoms with E-state index in [9.17, 15) is 4.79 Å². The maximum atomic E-state index is 11.9. The van der Waals surface area contributed by atoms with Gasteiger partial charge in [-0.25, -0.2) is 0 Å². The molecule has 0 spiro atoms. The van der Waals surface area contributed by atoms with Gasteiger partial charge >= 0.3 is 0 Å². The van der Waals surface area contributed by atoms with Crippen molar-refractivity contribution < 1.29 is 4.79 Å². The van der Waals surface area contributed by atoms with Gasteiger partial charge in [0.15, 0.2) is 0 Å². The number of rotatable bonds is 2. The van der Waals surface area contributed by atoms with E-state index in [1.54, 1.807) is 0 Å². The summed E-state index contributed by atoms with van der Waals surface area (Å²) in [5, 5.41) is 6.86. The molecule has 0 aromatic heterocycles. The van der Waals surface area contributed by atoms with E-state index in [-0.39, 0.29) is 5.54 Å². The first-order chi connectivity index (χ1) is 7.26. The Labute approximate surface area is 90.4 Å². The Morgan fingerprint density at radius 3 is 2.87 bits per heavy atom. The van der Waals surface area contributed by atoms with Crippen LogP contribution in [0.25, 0.3) is 0 Å². The third-order valence-corrected chi connectivity index (χ3v) is 4.38. The van der Waals surface area contributed by atoms with E-state index in [0.717, 1.165) is 26.2 Å². The summed E-state index contributed by atoms with van der Waals surface area (Å²) in [5.41, 5.74) is 0.156. The maximum Gasteiger partial charge on any atom is 0.222 e. The van der Waals surface area contributed by atoms with Gasteiger partial charge in [0.05, 0.1) is 5.54 Å². The molecule has 2 bridgehead atoms. The molecule has 3 heterocycles. The van der Waals surface area contributed by atoms with Crippen molar-refractivity contribution >= 4 is 5.91 Å². The first-order valence-electron chi connectivity index (χ1n) is 6.01. The number of hydrogen-bond donors (Lipinski definition) is 2. The molecule has 3 fully saturated rings. The van der Waals surface area contributed by atoms with Gasteiger partial charge in [0.2, 0.25) is 5.91 Å². The zero-order valence-corrected chi connectivity index (χ0v) is 9.25. The number of hydrogen-bond acceptors (Lipinski definition) is 3. The molecule has 0 aromatic rings. The summed E-state index contributed by atoms with van der Waals surface area (Å²) in [5.74, 6) is 1.01. The van der Waals surface area contributed by atoms with Gasteiger partial charge in [-0.15, -0.1) is 0 Å². The Morgan fingerprint density at radius 2 is 2.33 bits per heavy atom. The lowest BCUT2D eigenvalue weighted by Crippen LogP contribution is -2.65. The Balaban J connectivity index is 1.86. The normalized spacial score (nSPS) is 39.5. The zero-order chi connectivity index (χ0) is 10.5. The molecule has 3 rings (SSSR count). The fraction of sp³-hybridized carbons (Fsp3) is 0.909. The topological polar surface area (TPSA) is 44.4 Å². The lowest BCUT2D eigenvalue weighted by molar-refractivity contribution is -0.138. The van der Waals surface area contributed by atoms with Crippen molar-refractivity contribution in [3.05, 3.63) is 0 Å². The summed E-state index contributed by atoms with van der Waals surface area (Å²) in [4.78, 5) is 14.1. The number of nitrogens with one attached hydrogen (secondary N) is 2. The largest absolute Gasteiger partial charge is 0.334 e. The first-order valence-corrected chi connectivity index (χ1v) is 6.01. The minimum atomic E-state index is 0.156. The summed E-state index contributed by atoms with van der Waals surface area (Å²) in [6.07, 6.45) is 1.82. The second-order valence-electron chi connectivity index (χ2n) is 5.10. The maximum absolute atomic E-state index is 11.9.